The lowest BCUT2D eigenvalue weighted by atomic mass is 9.90. The maximum Gasteiger partial charge on any atom is 0.304 e. The van der Waals surface area contributed by atoms with Crippen molar-refractivity contribution < 1.29 is 19.0 Å². The fraction of sp³-hybridized carbons (Fsp3) is 0.533. The fourth-order valence-corrected chi connectivity index (χ4v) is 3.15. The number of benzene rings is 1. The van der Waals surface area contributed by atoms with Crippen LogP contribution in [-0.2, 0) is 11.2 Å². The number of halogens is 1. The molecule has 0 radical (unpaired) electrons. The van der Waals surface area contributed by atoms with Gasteiger partial charge < -0.3 is 9.84 Å². The van der Waals surface area contributed by atoms with Crippen LogP contribution in [0.1, 0.15) is 24.8 Å². The molecule has 1 N–H and O–H groups in total. The van der Waals surface area contributed by atoms with E-state index >= 15 is 0 Å². The smallest absolute Gasteiger partial charge is 0.304 e. The third-order valence-electron chi connectivity index (χ3n) is 4.24. The van der Waals surface area contributed by atoms with Crippen molar-refractivity contribution in [3.63, 3.8) is 0 Å². The van der Waals surface area contributed by atoms with Crippen LogP contribution >= 0.6 is 0 Å². The van der Waals surface area contributed by atoms with Crippen LogP contribution in [0.3, 0.4) is 0 Å². The van der Waals surface area contributed by atoms with Crippen molar-refractivity contribution >= 4 is 5.97 Å². The number of rotatable bonds is 3. The van der Waals surface area contributed by atoms with Crippen LogP contribution < -0.4 is 4.74 Å². The zero-order valence-electron chi connectivity index (χ0n) is 11.3. The van der Waals surface area contributed by atoms with Crippen molar-refractivity contribution in [1.29, 1.82) is 0 Å². The SMILES string of the molecule is O=C(O)CCN1CCC2(CCc3cc(F)ccc3O2)C1. The highest BCUT2D eigenvalue weighted by atomic mass is 19.1. The lowest BCUT2D eigenvalue weighted by molar-refractivity contribution is -0.137. The van der Waals surface area contributed by atoms with Crippen molar-refractivity contribution in [3.05, 3.63) is 29.6 Å². The molecule has 20 heavy (non-hydrogen) atoms. The summed E-state index contributed by atoms with van der Waals surface area (Å²) >= 11 is 0. The van der Waals surface area contributed by atoms with Gasteiger partial charge in [0.15, 0.2) is 0 Å². The molecule has 0 aromatic heterocycles. The second kappa shape index (κ2) is 5.05. The molecule has 1 aromatic carbocycles. The summed E-state index contributed by atoms with van der Waals surface area (Å²) in [5.74, 6) is -0.216. The molecule has 0 amide bonds. The molecular weight excluding hydrogens is 261 g/mol. The van der Waals surface area contributed by atoms with Crippen LogP contribution in [0.4, 0.5) is 4.39 Å². The van der Waals surface area contributed by atoms with Crippen molar-refractivity contribution in [3.8, 4) is 5.75 Å². The zero-order chi connectivity index (χ0) is 14.2. The Kier molecular flexibility index (Phi) is 3.38. The molecule has 0 aliphatic carbocycles. The molecule has 1 unspecified atom stereocenters. The molecule has 0 bridgehead atoms. The Morgan fingerprint density at radius 1 is 1.45 bits per heavy atom. The summed E-state index contributed by atoms with van der Waals surface area (Å²) in [5.41, 5.74) is 0.711. The van der Waals surface area contributed by atoms with Gasteiger partial charge in [-0.15, -0.1) is 0 Å². The average molecular weight is 279 g/mol. The monoisotopic (exact) mass is 279 g/mol. The second-order valence-electron chi connectivity index (χ2n) is 5.71. The summed E-state index contributed by atoms with van der Waals surface area (Å²) in [5, 5.41) is 8.74. The molecule has 3 rings (SSSR count). The first-order valence-electron chi connectivity index (χ1n) is 6.98. The maximum absolute atomic E-state index is 13.2. The lowest BCUT2D eigenvalue weighted by Gasteiger charge is -2.35. The Labute approximate surface area is 117 Å². The molecule has 5 heteroatoms. The molecule has 1 fully saturated rings. The minimum atomic E-state index is -0.767. The summed E-state index contributed by atoms with van der Waals surface area (Å²) in [7, 11) is 0. The summed E-state index contributed by atoms with van der Waals surface area (Å²) < 4.78 is 19.3. The van der Waals surface area contributed by atoms with E-state index in [-0.39, 0.29) is 17.8 Å². The van der Waals surface area contributed by atoms with E-state index in [0.717, 1.165) is 43.7 Å². The Bertz CT molecular complexity index is 534. The quantitative estimate of drug-likeness (QED) is 0.920. The van der Waals surface area contributed by atoms with Crippen molar-refractivity contribution in [2.45, 2.75) is 31.3 Å². The molecule has 1 spiro atoms. The number of hydrogen-bond donors (Lipinski definition) is 1. The first-order valence-corrected chi connectivity index (χ1v) is 6.98. The highest BCUT2D eigenvalue weighted by molar-refractivity contribution is 5.66. The third kappa shape index (κ3) is 2.63. The van der Waals surface area contributed by atoms with Gasteiger partial charge in [0.25, 0.3) is 0 Å². The summed E-state index contributed by atoms with van der Waals surface area (Å²) in [6.07, 6.45) is 2.76. The molecule has 108 valence electrons. The van der Waals surface area contributed by atoms with Crippen LogP contribution in [-0.4, -0.2) is 41.2 Å². The Morgan fingerprint density at radius 2 is 2.30 bits per heavy atom. The van der Waals surface area contributed by atoms with Crippen molar-refractivity contribution in [2.24, 2.45) is 0 Å². The molecule has 2 aliphatic heterocycles. The summed E-state index contributed by atoms with van der Waals surface area (Å²) in [6.45, 7) is 2.19. The molecular formula is C15H18FNO3. The minimum absolute atomic E-state index is 0.165. The number of hydrogen-bond acceptors (Lipinski definition) is 3. The lowest BCUT2D eigenvalue weighted by Crippen LogP contribution is -2.42. The number of nitrogens with zero attached hydrogens (tertiary/aromatic N) is 1. The predicted molar refractivity (Wildman–Crippen MR) is 71.4 cm³/mol. The number of fused-ring (bicyclic) bond motifs is 1. The number of aliphatic carboxylic acids is 1. The van der Waals surface area contributed by atoms with Gasteiger partial charge >= 0.3 is 5.97 Å². The second-order valence-corrected chi connectivity index (χ2v) is 5.71. The molecule has 1 saturated heterocycles. The van der Waals surface area contributed by atoms with Gasteiger partial charge in [0.2, 0.25) is 0 Å². The van der Waals surface area contributed by atoms with Crippen LogP contribution in [0, 0.1) is 5.82 Å². The molecule has 1 atom stereocenters. The van der Waals surface area contributed by atoms with Crippen LogP contribution in [0.2, 0.25) is 0 Å². The number of ether oxygens (including phenoxy) is 1. The number of aryl methyl sites for hydroxylation is 1. The molecule has 1 aromatic rings. The topological polar surface area (TPSA) is 49.8 Å². The number of carboxylic acids is 1. The summed E-state index contributed by atoms with van der Waals surface area (Å²) in [4.78, 5) is 12.8. The minimum Gasteiger partial charge on any atom is -0.486 e. The molecule has 4 nitrogen and oxygen atoms in total. The van der Waals surface area contributed by atoms with E-state index in [9.17, 15) is 9.18 Å². The van der Waals surface area contributed by atoms with E-state index < -0.39 is 5.97 Å². The fourth-order valence-electron chi connectivity index (χ4n) is 3.15. The van der Waals surface area contributed by atoms with E-state index in [1.807, 2.05) is 0 Å². The number of likely N-dealkylation sites (tertiary alicyclic amines) is 1. The normalized spacial score (nSPS) is 25.4. The van der Waals surface area contributed by atoms with Gasteiger partial charge in [0.05, 0.1) is 6.42 Å². The van der Waals surface area contributed by atoms with E-state index in [4.69, 9.17) is 9.84 Å². The zero-order valence-corrected chi connectivity index (χ0v) is 11.3. The molecule has 0 saturated carbocycles. The molecule has 2 heterocycles. The van der Waals surface area contributed by atoms with Crippen molar-refractivity contribution in [1.82, 2.24) is 4.90 Å². The highest BCUT2D eigenvalue weighted by Crippen LogP contribution is 2.38. The van der Waals surface area contributed by atoms with Gasteiger partial charge in [0, 0.05) is 26.1 Å². The van der Waals surface area contributed by atoms with E-state index in [2.05, 4.69) is 4.90 Å². The number of carbonyl (C=O) groups is 1. The highest BCUT2D eigenvalue weighted by Gasteiger charge is 2.42. The predicted octanol–water partition coefficient (Wildman–Crippen LogP) is 2.07. The third-order valence-corrected chi connectivity index (χ3v) is 4.24. The molecule has 2 aliphatic rings. The Morgan fingerprint density at radius 3 is 3.10 bits per heavy atom. The summed E-state index contributed by atoms with van der Waals surface area (Å²) in [6, 6.07) is 4.67. The van der Waals surface area contributed by atoms with Crippen LogP contribution in [0.15, 0.2) is 18.2 Å². The maximum atomic E-state index is 13.2. The van der Waals surface area contributed by atoms with E-state index in [1.54, 1.807) is 12.1 Å². The van der Waals surface area contributed by atoms with Gasteiger partial charge in [-0.2, -0.15) is 0 Å². The largest absolute Gasteiger partial charge is 0.486 e. The Balaban J connectivity index is 1.67. The van der Waals surface area contributed by atoms with Gasteiger partial charge in [-0.25, -0.2) is 4.39 Å². The first kappa shape index (κ1) is 13.4. The first-order chi connectivity index (χ1) is 9.56. The Hall–Kier alpha value is -1.62. The van der Waals surface area contributed by atoms with E-state index in [1.165, 1.54) is 6.07 Å². The van der Waals surface area contributed by atoms with Crippen LogP contribution in [0.25, 0.3) is 0 Å². The average Bonchev–Trinajstić information content (AvgIpc) is 2.80. The van der Waals surface area contributed by atoms with Gasteiger partial charge in [-0.05, 0) is 36.6 Å². The van der Waals surface area contributed by atoms with E-state index in [0.29, 0.717) is 6.54 Å². The number of carboxylic acid groups (broad SMARTS) is 1. The standard InChI is InChI=1S/C15H18FNO3/c16-12-1-2-13-11(9-12)3-5-15(20-13)6-8-17(10-15)7-4-14(18)19/h1-2,9H,3-8,10H2,(H,18,19). The van der Waals surface area contributed by atoms with Gasteiger partial charge in [-0.3, -0.25) is 9.69 Å². The van der Waals surface area contributed by atoms with Gasteiger partial charge in [-0.1, -0.05) is 0 Å². The van der Waals surface area contributed by atoms with Gasteiger partial charge in [0.1, 0.15) is 17.2 Å². The van der Waals surface area contributed by atoms with Crippen molar-refractivity contribution in [2.75, 3.05) is 19.6 Å². The van der Waals surface area contributed by atoms with Crippen LogP contribution in [0.5, 0.6) is 5.75 Å².